The number of hydrogen-bond donors (Lipinski definition) is 2. The molecule has 0 saturated carbocycles. The lowest BCUT2D eigenvalue weighted by molar-refractivity contribution is -0.139. The maximum absolute atomic E-state index is 11.8. The highest BCUT2D eigenvalue weighted by Crippen LogP contribution is 2.12. The summed E-state index contributed by atoms with van der Waals surface area (Å²) < 4.78 is 0. The normalized spacial score (nSPS) is 11.5. The molecule has 2 N–H and O–H groups in total. The van der Waals surface area contributed by atoms with E-state index in [0.717, 1.165) is 11.1 Å². The molecule has 1 aromatic heterocycles. The van der Waals surface area contributed by atoms with Gasteiger partial charge in [0, 0.05) is 25.5 Å². The number of rotatable bonds is 5. The summed E-state index contributed by atoms with van der Waals surface area (Å²) in [7, 11) is 0. The summed E-state index contributed by atoms with van der Waals surface area (Å²) in [5.74, 6) is -1.10. The number of aromatic nitrogens is 1. The molecule has 5 heteroatoms. The van der Waals surface area contributed by atoms with Crippen molar-refractivity contribution in [1.29, 1.82) is 0 Å². The van der Waals surface area contributed by atoms with Crippen molar-refractivity contribution in [3.05, 3.63) is 66.0 Å². The highest BCUT2D eigenvalue weighted by molar-refractivity contribution is 6.35. The first-order valence-corrected chi connectivity index (χ1v) is 7.16. The van der Waals surface area contributed by atoms with Crippen molar-refractivity contribution in [3.63, 3.8) is 0 Å². The molecule has 1 aromatic carbocycles. The van der Waals surface area contributed by atoms with Crippen LogP contribution in [0, 0.1) is 0 Å². The Bertz CT molecular complexity index is 614. The number of benzene rings is 1. The zero-order valence-electron chi connectivity index (χ0n) is 12.5. The maximum Gasteiger partial charge on any atom is 0.309 e. The van der Waals surface area contributed by atoms with Gasteiger partial charge in [0.2, 0.25) is 0 Å². The molecule has 1 heterocycles. The maximum atomic E-state index is 11.8. The Morgan fingerprint density at radius 1 is 1.05 bits per heavy atom. The summed E-state index contributed by atoms with van der Waals surface area (Å²) in [5, 5.41) is 5.22. The quantitative estimate of drug-likeness (QED) is 0.824. The van der Waals surface area contributed by atoms with Gasteiger partial charge in [0.1, 0.15) is 0 Å². The van der Waals surface area contributed by atoms with E-state index in [4.69, 9.17) is 0 Å². The van der Waals surface area contributed by atoms with E-state index in [-0.39, 0.29) is 12.5 Å². The summed E-state index contributed by atoms with van der Waals surface area (Å²) in [4.78, 5) is 27.4. The SMILES string of the molecule is C[C@@H](CNC(=O)C(=O)NCc1cccnc1)c1ccccc1. The topological polar surface area (TPSA) is 71.1 Å². The van der Waals surface area contributed by atoms with Gasteiger partial charge in [-0.2, -0.15) is 0 Å². The number of nitrogens with one attached hydrogen (secondary N) is 2. The number of carbonyl (C=O) groups excluding carboxylic acids is 2. The van der Waals surface area contributed by atoms with Gasteiger partial charge in [-0.05, 0) is 23.1 Å². The van der Waals surface area contributed by atoms with Crippen LogP contribution in [-0.4, -0.2) is 23.3 Å². The van der Waals surface area contributed by atoms with E-state index in [9.17, 15) is 9.59 Å². The van der Waals surface area contributed by atoms with Crippen molar-refractivity contribution in [1.82, 2.24) is 15.6 Å². The fourth-order valence-electron chi connectivity index (χ4n) is 1.99. The number of carbonyl (C=O) groups is 2. The molecule has 0 aliphatic heterocycles. The van der Waals surface area contributed by atoms with Crippen LogP contribution in [0.5, 0.6) is 0 Å². The van der Waals surface area contributed by atoms with E-state index in [1.807, 2.05) is 43.3 Å². The monoisotopic (exact) mass is 297 g/mol. The van der Waals surface area contributed by atoms with Gasteiger partial charge in [-0.3, -0.25) is 14.6 Å². The van der Waals surface area contributed by atoms with Gasteiger partial charge in [-0.25, -0.2) is 0 Å². The van der Waals surface area contributed by atoms with Crippen molar-refractivity contribution in [2.45, 2.75) is 19.4 Å². The minimum absolute atomic E-state index is 0.149. The Balaban J connectivity index is 1.76. The molecule has 2 rings (SSSR count). The van der Waals surface area contributed by atoms with Crippen molar-refractivity contribution < 1.29 is 9.59 Å². The number of hydrogen-bond acceptors (Lipinski definition) is 3. The molecule has 0 aliphatic rings. The predicted molar refractivity (Wildman–Crippen MR) is 84.0 cm³/mol. The molecule has 2 amide bonds. The summed E-state index contributed by atoms with van der Waals surface area (Å²) in [6, 6.07) is 13.5. The van der Waals surface area contributed by atoms with Gasteiger partial charge in [-0.15, -0.1) is 0 Å². The third kappa shape index (κ3) is 4.70. The van der Waals surface area contributed by atoms with Gasteiger partial charge in [0.15, 0.2) is 0 Å². The van der Waals surface area contributed by atoms with Crippen LogP contribution in [0.2, 0.25) is 0 Å². The van der Waals surface area contributed by atoms with Crippen LogP contribution >= 0.6 is 0 Å². The van der Waals surface area contributed by atoms with Crippen LogP contribution in [-0.2, 0) is 16.1 Å². The van der Waals surface area contributed by atoms with Crippen LogP contribution in [0.4, 0.5) is 0 Å². The first kappa shape index (κ1) is 15.7. The molecular formula is C17H19N3O2. The van der Waals surface area contributed by atoms with Crippen LogP contribution in [0.15, 0.2) is 54.9 Å². The summed E-state index contributed by atoms with van der Waals surface area (Å²) >= 11 is 0. The largest absolute Gasteiger partial charge is 0.347 e. The molecule has 0 bridgehead atoms. The fraction of sp³-hybridized carbons (Fsp3) is 0.235. The zero-order chi connectivity index (χ0) is 15.8. The summed E-state index contributed by atoms with van der Waals surface area (Å²) in [5.41, 5.74) is 1.97. The van der Waals surface area contributed by atoms with Crippen molar-refractivity contribution >= 4 is 11.8 Å². The highest BCUT2D eigenvalue weighted by atomic mass is 16.2. The molecule has 0 unspecified atom stereocenters. The Kier molecular flexibility index (Phi) is 5.65. The molecule has 0 radical (unpaired) electrons. The molecule has 0 spiro atoms. The molecule has 0 fully saturated rings. The Morgan fingerprint density at radius 3 is 2.45 bits per heavy atom. The highest BCUT2D eigenvalue weighted by Gasteiger charge is 2.14. The molecule has 5 nitrogen and oxygen atoms in total. The van der Waals surface area contributed by atoms with Crippen molar-refractivity contribution in [2.75, 3.05) is 6.54 Å². The third-order valence-electron chi connectivity index (χ3n) is 3.32. The van der Waals surface area contributed by atoms with E-state index < -0.39 is 11.8 Å². The van der Waals surface area contributed by atoms with E-state index in [1.165, 1.54) is 0 Å². The molecule has 22 heavy (non-hydrogen) atoms. The lowest BCUT2D eigenvalue weighted by Gasteiger charge is -2.13. The molecular weight excluding hydrogens is 278 g/mol. The average molecular weight is 297 g/mol. The Hall–Kier alpha value is -2.69. The van der Waals surface area contributed by atoms with Crippen LogP contribution in [0.1, 0.15) is 24.0 Å². The minimum atomic E-state index is -0.635. The second-order valence-corrected chi connectivity index (χ2v) is 5.07. The fourth-order valence-corrected chi connectivity index (χ4v) is 1.99. The lowest BCUT2D eigenvalue weighted by atomic mass is 10.0. The van der Waals surface area contributed by atoms with Gasteiger partial charge in [0.05, 0.1) is 0 Å². The van der Waals surface area contributed by atoms with Gasteiger partial charge in [0.25, 0.3) is 0 Å². The molecule has 1 atom stereocenters. The number of pyridine rings is 1. The molecule has 0 saturated heterocycles. The van der Waals surface area contributed by atoms with E-state index in [2.05, 4.69) is 15.6 Å². The van der Waals surface area contributed by atoms with Crippen LogP contribution < -0.4 is 10.6 Å². The standard InChI is InChI=1S/C17H19N3O2/c1-13(15-7-3-2-4-8-15)10-19-16(21)17(22)20-12-14-6-5-9-18-11-14/h2-9,11,13H,10,12H2,1H3,(H,19,21)(H,20,22)/t13-/m0/s1. The van der Waals surface area contributed by atoms with Crippen molar-refractivity contribution in [2.24, 2.45) is 0 Å². The van der Waals surface area contributed by atoms with Crippen LogP contribution in [0.25, 0.3) is 0 Å². The second-order valence-electron chi connectivity index (χ2n) is 5.07. The predicted octanol–water partition coefficient (Wildman–Crippen LogP) is 1.62. The molecule has 114 valence electrons. The van der Waals surface area contributed by atoms with Crippen LogP contribution in [0.3, 0.4) is 0 Å². The van der Waals surface area contributed by atoms with E-state index >= 15 is 0 Å². The van der Waals surface area contributed by atoms with Gasteiger partial charge < -0.3 is 10.6 Å². The Labute approximate surface area is 129 Å². The number of nitrogens with zero attached hydrogens (tertiary/aromatic N) is 1. The van der Waals surface area contributed by atoms with Crippen molar-refractivity contribution in [3.8, 4) is 0 Å². The zero-order valence-corrected chi connectivity index (χ0v) is 12.5. The van der Waals surface area contributed by atoms with E-state index in [0.29, 0.717) is 6.54 Å². The smallest absolute Gasteiger partial charge is 0.309 e. The van der Waals surface area contributed by atoms with Gasteiger partial charge in [-0.1, -0.05) is 43.3 Å². The minimum Gasteiger partial charge on any atom is -0.347 e. The molecule has 0 aliphatic carbocycles. The second kappa shape index (κ2) is 7.93. The van der Waals surface area contributed by atoms with E-state index in [1.54, 1.807) is 18.5 Å². The number of amides is 2. The Morgan fingerprint density at radius 2 is 1.77 bits per heavy atom. The first-order valence-electron chi connectivity index (χ1n) is 7.16. The third-order valence-corrected chi connectivity index (χ3v) is 3.32. The summed E-state index contributed by atoms with van der Waals surface area (Å²) in [6.45, 7) is 2.71. The average Bonchev–Trinajstić information content (AvgIpc) is 2.58. The summed E-state index contributed by atoms with van der Waals surface area (Å²) in [6.07, 6.45) is 3.30. The first-order chi connectivity index (χ1) is 10.7. The van der Waals surface area contributed by atoms with Gasteiger partial charge >= 0.3 is 11.8 Å². The molecule has 2 aromatic rings. The lowest BCUT2D eigenvalue weighted by Crippen LogP contribution is -2.40.